The molecular formula is C17H18N4O. The van der Waals surface area contributed by atoms with Gasteiger partial charge in [0.15, 0.2) is 0 Å². The molecule has 1 N–H and O–H groups in total. The molecule has 1 aromatic carbocycles. The number of carbonyl (C=O) groups excluding carboxylic acids is 1. The summed E-state index contributed by atoms with van der Waals surface area (Å²) in [5, 5.41) is 12.9. The van der Waals surface area contributed by atoms with Crippen LogP contribution in [0.4, 0.5) is 5.69 Å². The number of nitriles is 1. The molecular weight excluding hydrogens is 276 g/mol. The number of fused-ring (bicyclic) bond motifs is 1. The summed E-state index contributed by atoms with van der Waals surface area (Å²) in [7, 11) is 1.69. The zero-order chi connectivity index (χ0) is 15.5. The Bertz CT molecular complexity index is 742. The van der Waals surface area contributed by atoms with E-state index in [-0.39, 0.29) is 11.8 Å². The van der Waals surface area contributed by atoms with Crippen molar-refractivity contribution in [2.24, 2.45) is 5.92 Å². The smallest absolute Gasteiger partial charge is 0.222 e. The van der Waals surface area contributed by atoms with Crippen LogP contribution in [0.5, 0.6) is 0 Å². The van der Waals surface area contributed by atoms with Crippen molar-refractivity contribution in [2.75, 3.05) is 25.0 Å². The van der Waals surface area contributed by atoms with Crippen LogP contribution in [0.1, 0.15) is 18.4 Å². The van der Waals surface area contributed by atoms with Crippen molar-refractivity contribution < 1.29 is 4.79 Å². The number of benzene rings is 1. The molecule has 0 aliphatic carbocycles. The van der Waals surface area contributed by atoms with Crippen LogP contribution in [-0.2, 0) is 4.79 Å². The van der Waals surface area contributed by atoms with Crippen LogP contribution >= 0.6 is 0 Å². The lowest BCUT2D eigenvalue weighted by Crippen LogP contribution is -2.39. The first-order valence-corrected chi connectivity index (χ1v) is 7.49. The maximum atomic E-state index is 11.7. The summed E-state index contributed by atoms with van der Waals surface area (Å²) in [4.78, 5) is 18.4. The van der Waals surface area contributed by atoms with Crippen LogP contribution in [0.3, 0.4) is 0 Å². The van der Waals surface area contributed by atoms with Crippen LogP contribution in [0.25, 0.3) is 10.9 Å². The average molecular weight is 294 g/mol. The van der Waals surface area contributed by atoms with E-state index in [1.807, 2.05) is 24.3 Å². The van der Waals surface area contributed by atoms with Crippen LogP contribution in [0.2, 0.25) is 0 Å². The SMILES string of the molecule is CNC(=O)C1CCN(c2ccc(C#N)c3ncccc23)CC1. The summed E-state index contributed by atoms with van der Waals surface area (Å²) >= 11 is 0. The Morgan fingerprint density at radius 3 is 2.82 bits per heavy atom. The van der Waals surface area contributed by atoms with Gasteiger partial charge in [-0.2, -0.15) is 5.26 Å². The topological polar surface area (TPSA) is 69.0 Å². The van der Waals surface area contributed by atoms with Gasteiger partial charge in [0.05, 0.1) is 11.1 Å². The molecule has 1 saturated heterocycles. The predicted molar refractivity (Wildman–Crippen MR) is 85.5 cm³/mol. The molecule has 2 heterocycles. The van der Waals surface area contributed by atoms with Gasteiger partial charge in [-0.3, -0.25) is 9.78 Å². The van der Waals surface area contributed by atoms with E-state index in [4.69, 9.17) is 0 Å². The summed E-state index contributed by atoms with van der Waals surface area (Å²) < 4.78 is 0. The van der Waals surface area contributed by atoms with Gasteiger partial charge >= 0.3 is 0 Å². The van der Waals surface area contributed by atoms with Crippen molar-refractivity contribution in [1.29, 1.82) is 5.26 Å². The van der Waals surface area contributed by atoms with Gasteiger partial charge in [0.25, 0.3) is 0 Å². The Kier molecular flexibility index (Phi) is 3.92. The molecule has 22 heavy (non-hydrogen) atoms. The fourth-order valence-electron chi connectivity index (χ4n) is 3.11. The number of rotatable bonds is 2. The summed E-state index contributed by atoms with van der Waals surface area (Å²) in [5.74, 6) is 0.232. The quantitative estimate of drug-likeness (QED) is 0.920. The van der Waals surface area contributed by atoms with E-state index in [9.17, 15) is 10.1 Å². The van der Waals surface area contributed by atoms with Crippen LogP contribution in [0.15, 0.2) is 30.5 Å². The highest BCUT2D eigenvalue weighted by Crippen LogP contribution is 2.31. The second kappa shape index (κ2) is 6.02. The summed E-state index contributed by atoms with van der Waals surface area (Å²) in [6, 6.07) is 9.91. The van der Waals surface area contributed by atoms with Crippen LogP contribution < -0.4 is 10.2 Å². The van der Waals surface area contributed by atoms with Gasteiger partial charge in [-0.1, -0.05) is 0 Å². The molecule has 1 aliphatic rings. The standard InChI is InChI=1S/C17H18N4O/c1-19-17(22)12-6-9-21(10-7-12)15-5-4-13(11-18)16-14(15)3-2-8-20-16/h2-5,8,12H,6-7,9-10H2,1H3,(H,19,22). The number of piperidine rings is 1. The van der Waals surface area contributed by atoms with Gasteiger partial charge in [0.2, 0.25) is 5.91 Å². The molecule has 112 valence electrons. The molecule has 5 heteroatoms. The van der Waals surface area contributed by atoms with Gasteiger partial charge in [0.1, 0.15) is 6.07 Å². The molecule has 0 bridgehead atoms. The van der Waals surface area contributed by atoms with Gasteiger partial charge in [-0.15, -0.1) is 0 Å². The first kappa shape index (κ1) is 14.3. The number of carbonyl (C=O) groups is 1. The number of hydrogen-bond acceptors (Lipinski definition) is 4. The molecule has 0 radical (unpaired) electrons. The van der Waals surface area contributed by atoms with Crippen molar-refractivity contribution >= 4 is 22.5 Å². The molecule has 0 spiro atoms. The van der Waals surface area contributed by atoms with Gasteiger partial charge < -0.3 is 10.2 Å². The zero-order valence-corrected chi connectivity index (χ0v) is 12.5. The van der Waals surface area contributed by atoms with Crippen LogP contribution in [0, 0.1) is 17.2 Å². The minimum absolute atomic E-state index is 0.101. The maximum absolute atomic E-state index is 11.7. The van der Waals surface area contributed by atoms with Crippen molar-refractivity contribution in [3.8, 4) is 6.07 Å². The van der Waals surface area contributed by atoms with E-state index >= 15 is 0 Å². The van der Waals surface area contributed by atoms with E-state index in [0.717, 1.165) is 42.5 Å². The Morgan fingerprint density at radius 1 is 1.36 bits per heavy atom. The highest BCUT2D eigenvalue weighted by molar-refractivity contribution is 5.95. The highest BCUT2D eigenvalue weighted by Gasteiger charge is 2.25. The predicted octanol–water partition coefficient (Wildman–Crippen LogP) is 2.07. The number of pyridine rings is 1. The third-order valence-corrected chi connectivity index (χ3v) is 4.32. The van der Waals surface area contributed by atoms with Gasteiger partial charge in [-0.05, 0) is 37.1 Å². The van der Waals surface area contributed by atoms with Crippen LogP contribution in [-0.4, -0.2) is 31.0 Å². The van der Waals surface area contributed by atoms with Gasteiger partial charge in [0, 0.05) is 43.3 Å². The Morgan fingerprint density at radius 2 is 2.14 bits per heavy atom. The second-order valence-electron chi connectivity index (χ2n) is 5.52. The highest BCUT2D eigenvalue weighted by atomic mass is 16.1. The van der Waals surface area contributed by atoms with E-state index in [0.29, 0.717) is 5.56 Å². The third kappa shape index (κ3) is 2.48. The Hall–Kier alpha value is -2.61. The molecule has 0 unspecified atom stereocenters. The monoisotopic (exact) mass is 294 g/mol. The van der Waals surface area contributed by atoms with Crippen molar-refractivity contribution in [1.82, 2.24) is 10.3 Å². The molecule has 0 saturated carbocycles. The molecule has 1 aliphatic heterocycles. The maximum Gasteiger partial charge on any atom is 0.222 e. The van der Waals surface area contributed by atoms with Crippen molar-refractivity contribution in [3.63, 3.8) is 0 Å². The molecule has 2 aromatic rings. The minimum Gasteiger partial charge on any atom is -0.371 e. The fourth-order valence-corrected chi connectivity index (χ4v) is 3.11. The van der Waals surface area contributed by atoms with Crippen molar-refractivity contribution in [2.45, 2.75) is 12.8 Å². The lowest BCUT2D eigenvalue weighted by atomic mass is 9.95. The van der Waals surface area contributed by atoms with E-state index in [1.165, 1.54) is 0 Å². The molecule has 3 rings (SSSR count). The zero-order valence-electron chi connectivity index (χ0n) is 12.5. The lowest BCUT2D eigenvalue weighted by molar-refractivity contribution is -0.125. The number of aromatic nitrogens is 1. The minimum atomic E-state index is 0.101. The largest absolute Gasteiger partial charge is 0.371 e. The Labute approximate surface area is 129 Å². The van der Waals surface area contributed by atoms with E-state index in [2.05, 4.69) is 21.3 Å². The molecule has 1 aromatic heterocycles. The molecule has 5 nitrogen and oxygen atoms in total. The lowest BCUT2D eigenvalue weighted by Gasteiger charge is -2.33. The van der Waals surface area contributed by atoms with E-state index < -0.39 is 0 Å². The molecule has 0 atom stereocenters. The number of anilines is 1. The fraction of sp³-hybridized carbons (Fsp3) is 0.353. The van der Waals surface area contributed by atoms with Crippen molar-refractivity contribution in [3.05, 3.63) is 36.0 Å². The first-order valence-electron chi connectivity index (χ1n) is 7.49. The van der Waals surface area contributed by atoms with E-state index in [1.54, 1.807) is 13.2 Å². The first-order chi connectivity index (χ1) is 10.7. The molecule has 1 amide bonds. The Balaban J connectivity index is 1.90. The summed E-state index contributed by atoms with van der Waals surface area (Å²) in [6.45, 7) is 1.68. The number of amides is 1. The second-order valence-corrected chi connectivity index (χ2v) is 5.52. The normalized spacial score (nSPS) is 15.5. The number of hydrogen-bond donors (Lipinski definition) is 1. The third-order valence-electron chi connectivity index (χ3n) is 4.32. The number of nitrogens with zero attached hydrogens (tertiary/aromatic N) is 3. The average Bonchev–Trinajstić information content (AvgIpc) is 2.60. The number of nitrogens with one attached hydrogen (secondary N) is 1. The summed E-state index contributed by atoms with van der Waals surface area (Å²) in [5.41, 5.74) is 2.44. The summed E-state index contributed by atoms with van der Waals surface area (Å²) in [6.07, 6.45) is 3.41. The molecule has 1 fully saturated rings. The van der Waals surface area contributed by atoms with Gasteiger partial charge in [-0.25, -0.2) is 0 Å².